The monoisotopic (exact) mass is 316 g/mol. The highest BCUT2D eigenvalue weighted by Crippen LogP contribution is 2.29. The number of aromatic nitrogens is 7. The zero-order chi connectivity index (χ0) is 15.6. The van der Waals surface area contributed by atoms with Crippen LogP contribution in [0.25, 0.3) is 0 Å². The Balaban J connectivity index is 1.75. The molecule has 1 fully saturated rings. The Morgan fingerprint density at radius 2 is 2.18 bits per heavy atom. The van der Waals surface area contributed by atoms with E-state index < -0.39 is 12.7 Å². The van der Waals surface area contributed by atoms with Gasteiger partial charge in [-0.2, -0.15) is 18.3 Å². The predicted octanol–water partition coefficient (Wildman–Crippen LogP) is 1.08. The second-order valence-electron chi connectivity index (χ2n) is 5.22. The van der Waals surface area contributed by atoms with Gasteiger partial charge in [0.25, 0.3) is 0 Å². The molecule has 2 aromatic rings. The third-order valence-electron chi connectivity index (χ3n) is 3.64. The van der Waals surface area contributed by atoms with Crippen molar-refractivity contribution in [3.05, 3.63) is 18.0 Å². The topological polar surface area (TPSA) is 88.4 Å². The van der Waals surface area contributed by atoms with E-state index in [9.17, 15) is 13.2 Å². The first-order chi connectivity index (χ1) is 10.5. The average molecular weight is 316 g/mol. The van der Waals surface area contributed by atoms with Crippen molar-refractivity contribution in [3.8, 4) is 0 Å². The molecule has 0 spiro atoms. The van der Waals surface area contributed by atoms with Crippen molar-refractivity contribution >= 4 is 0 Å². The van der Waals surface area contributed by atoms with E-state index in [4.69, 9.17) is 0 Å². The van der Waals surface area contributed by atoms with E-state index in [-0.39, 0.29) is 18.4 Å². The smallest absolute Gasteiger partial charge is 0.286 e. The number of piperidine rings is 1. The van der Waals surface area contributed by atoms with E-state index >= 15 is 0 Å². The Bertz CT molecular complexity index is 593. The highest BCUT2D eigenvalue weighted by molar-refractivity contribution is 4.96. The molecule has 0 amide bonds. The van der Waals surface area contributed by atoms with Crippen LogP contribution in [-0.4, -0.2) is 53.0 Å². The van der Waals surface area contributed by atoms with Gasteiger partial charge in [0, 0.05) is 0 Å². The van der Waals surface area contributed by atoms with Gasteiger partial charge in [0.1, 0.15) is 18.7 Å². The van der Waals surface area contributed by atoms with E-state index in [0.717, 1.165) is 36.3 Å². The van der Waals surface area contributed by atoms with Crippen LogP contribution < -0.4 is 0 Å². The van der Waals surface area contributed by atoms with Crippen molar-refractivity contribution in [2.24, 2.45) is 0 Å². The molecule has 0 bridgehead atoms. The molecule has 0 unspecified atom stereocenters. The predicted molar refractivity (Wildman–Crippen MR) is 67.3 cm³/mol. The molecule has 22 heavy (non-hydrogen) atoms. The van der Waals surface area contributed by atoms with Crippen LogP contribution in [-0.2, 0) is 13.1 Å². The lowest BCUT2D eigenvalue weighted by Crippen LogP contribution is -2.35. The van der Waals surface area contributed by atoms with Gasteiger partial charge in [-0.05, 0) is 29.8 Å². The first-order valence-electron chi connectivity index (χ1n) is 6.94. The lowest BCUT2D eigenvalue weighted by atomic mass is 10.0. The molecule has 120 valence electrons. The van der Waals surface area contributed by atoms with Gasteiger partial charge in [-0.25, -0.2) is 9.67 Å². The summed E-state index contributed by atoms with van der Waals surface area (Å²) >= 11 is 0. The fourth-order valence-electron chi connectivity index (χ4n) is 2.68. The number of halogens is 3. The Hall–Kier alpha value is -2.04. The normalized spacial score (nSPS) is 20.4. The average Bonchev–Trinajstić information content (AvgIpc) is 3.10. The molecule has 1 N–H and O–H groups in total. The first kappa shape index (κ1) is 14.9. The van der Waals surface area contributed by atoms with Gasteiger partial charge in [0.05, 0.1) is 12.6 Å². The van der Waals surface area contributed by atoms with Crippen LogP contribution in [0.3, 0.4) is 0 Å². The number of aromatic amines is 1. The molecule has 0 radical (unpaired) electrons. The third kappa shape index (κ3) is 3.40. The fraction of sp³-hybridized carbons (Fsp3) is 0.727. The minimum Gasteiger partial charge on any atom is -0.286 e. The summed E-state index contributed by atoms with van der Waals surface area (Å²) < 4.78 is 38.4. The van der Waals surface area contributed by atoms with Crippen molar-refractivity contribution in [2.45, 2.75) is 44.6 Å². The quantitative estimate of drug-likeness (QED) is 0.908. The van der Waals surface area contributed by atoms with E-state index in [1.54, 1.807) is 0 Å². The molecular weight excluding hydrogens is 301 g/mol. The number of likely N-dealkylation sites (tertiary alicyclic amines) is 1. The highest BCUT2D eigenvalue weighted by atomic mass is 19.4. The molecule has 11 heteroatoms. The van der Waals surface area contributed by atoms with E-state index in [2.05, 4.69) is 30.7 Å². The summed E-state index contributed by atoms with van der Waals surface area (Å²) in [4.78, 5) is 6.18. The minimum atomic E-state index is -4.35. The Morgan fingerprint density at radius 1 is 1.32 bits per heavy atom. The molecule has 8 nitrogen and oxygen atoms in total. The minimum absolute atomic E-state index is 0.00714. The maximum Gasteiger partial charge on any atom is 0.408 e. The molecule has 1 aliphatic heterocycles. The number of hydrogen-bond donors (Lipinski definition) is 1. The van der Waals surface area contributed by atoms with E-state index in [1.807, 2.05) is 4.90 Å². The van der Waals surface area contributed by atoms with Gasteiger partial charge in [0.15, 0.2) is 5.82 Å². The third-order valence-corrected chi connectivity index (χ3v) is 3.64. The first-order valence-corrected chi connectivity index (χ1v) is 6.94. The summed E-state index contributed by atoms with van der Waals surface area (Å²) in [5, 5.41) is 17.2. The molecule has 1 atom stereocenters. The molecule has 0 saturated carbocycles. The van der Waals surface area contributed by atoms with Gasteiger partial charge >= 0.3 is 6.18 Å². The number of rotatable bonds is 4. The van der Waals surface area contributed by atoms with Crippen molar-refractivity contribution < 1.29 is 13.2 Å². The van der Waals surface area contributed by atoms with Gasteiger partial charge < -0.3 is 0 Å². The lowest BCUT2D eigenvalue weighted by molar-refractivity contribution is -0.143. The molecule has 0 aromatic carbocycles. The molecule has 1 aliphatic rings. The SMILES string of the molecule is FC(F)(F)Cn1nnnc1CN1CCCC[C@H]1c1ncn[nH]1. The van der Waals surface area contributed by atoms with Crippen LogP contribution in [0.15, 0.2) is 6.33 Å². The maximum atomic E-state index is 12.5. The second kappa shape index (κ2) is 5.99. The number of nitrogens with one attached hydrogen (secondary N) is 1. The molecule has 3 rings (SSSR count). The molecular formula is C11H15F3N8. The Labute approximate surface area is 123 Å². The fourth-order valence-corrected chi connectivity index (χ4v) is 2.68. The Morgan fingerprint density at radius 3 is 2.91 bits per heavy atom. The maximum absolute atomic E-state index is 12.5. The zero-order valence-electron chi connectivity index (χ0n) is 11.7. The zero-order valence-corrected chi connectivity index (χ0v) is 11.7. The highest BCUT2D eigenvalue weighted by Gasteiger charge is 2.32. The largest absolute Gasteiger partial charge is 0.408 e. The summed E-state index contributed by atoms with van der Waals surface area (Å²) in [6.07, 6.45) is -0.0386. The van der Waals surface area contributed by atoms with Crippen LogP contribution >= 0.6 is 0 Å². The van der Waals surface area contributed by atoms with E-state index in [0.29, 0.717) is 0 Å². The lowest BCUT2D eigenvalue weighted by Gasteiger charge is -2.33. The molecule has 2 aromatic heterocycles. The number of tetrazole rings is 1. The van der Waals surface area contributed by atoms with Crippen molar-refractivity contribution in [1.82, 2.24) is 40.3 Å². The van der Waals surface area contributed by atoms with Crippen molar-refractivity contribution in [3.63, 3.8) is 0 Å². The summed E-state index contributed by atoms with van der Waals surface area (Å²) in [5.41, 5.74) is 0. The van der Waals surface area contributed by atoms with Gasteiger partial charge in [-0.3, -0.25) is 10.00 Å². The van der Waals surface area contributed by atoms with E-state index in [1.165, 1.54) is 6.33 Å². The second-order valence-corrected chi connectivity index (χ2v) is 5.22. The summed E-state index contributed by atoms with van der Waals surface area (Å²) in [5.74, 6) is 0.915. The van der Waals surface area contributed by atoms with Gasteiger partial charge in [-0.15, -0.1) is 5.10 Å². The Kier molecular flexibility index (Phi) is 4.05. The summed E-state index contributed by atoms with van der Waals surface area (Å²) in [7, 11) is 0. The molecule has 1 saturated heterocycles. The summed E-state index contributed by atoms with van der Waals surface area (Å²) in [6, 6.07) is -0.00714. The van der Waals surface area contributed by atoms with Crippen LogP contribution in [0.5, 0.6) is 0 Å². The number of hydrogen-bond acceptors (Lipinski definition) is 6. The molecule has 0 aliphatic carbocycles. The number of alkyl halides is 3. The van der Waals surface area contributed by atoms with Crippen LogP contribution in [0.2, 0.25) is 0 Å². The summed E-state index contributed by atoms with van der Waals surface area (Å²) in [6.45, 7) is -0.186. The van der Waals surface area contributed by atoms with Crippen LogP contribution in [0.4, 0.5) is 13.2 Å². The van der Waals surface area contributed by atoms with Gasteiger partial charge in [-0.1, -0.05) is 6.42 Å². The van der Waals surface area contributed by atoms with Crippen molar-refractivity contribution in [1.29, 1.82) is 0 Å². The number of nitrogens with zero attached hydrogens (tertiary/aromatic N) is 7. The van der Waals surface area contributed by atoms with Crippen LogP contribution in [0, 0.1) is 0 Å². The standard InChI is InChI=1S/C11H15F3N8/c12-11(13,14)6-22-9(17-19-20-22)5-21-4-2-1-3-8(21)10-15-7-16-18-10/h7-8H,1-6H2,(H,15,16,18)/t8-/m0/s1. The van der Waals surface area contributed by atoms with Crippen LogP contribution in [0.1, 0.15) is 37.0 Å². The van der Waals surface area contributed by atoms with Crippen molar-refractivity contribution in [2.75, 3.05) is 6.54 Å². The van der Waals surface area contributed by atoms with Gasteiger partial charge in [0.2, 0.25) is 0 Å². The molecule has 3 heterocycles. The number of H-pyrrole nitrogens is 1.